The largest absolute Gasteiger partial charge is 0.312 e. The number of rotatable bonds is 11. The van der Waals surface area contributed by atoms with Gasteiger partial charge in [0, 0.05) is 34.4 Å². The molecular weight excluding hydrogens is 1280 g/mol. The first kappa shape index (κ1) is 63.5. The minimum atomic E-state index is -3.18. The Labute approximate surface area is 616 Å². The van der Waals surface area contributed by atoms with Crippen LogP contribution >= 0.6 is 0 Å². The number of hydrogen-bond donors (Lipinski definition) is 0. The topological polar surface area (TPSA) is 6.48 Å². The van der Waals surface area contributed by atoms with Crippen molar-refractivity contribution in [2.24, 2.45) is 0 Å². The monoisotopic (exact) mass is 1360 g/mol. The number of benzene rings is 15. The van der Waals surface area contributed by atoms with Gasteiger partial charge in [0.25, 0.3) is 0 Å². The molecule has 104 heavy (non-hydrogen) atoms. The molecule has 0 bridgehead atoms. The average Bonchev–Trinajstić information content (AvgIpc) is 0.664. The third kappa shape index (κ3) is 9.56. The van der Waals surface area contributed by atoms with Gasteiger partial charge in [0.1, 0.15) is 0 Å². The number of fused-ring (bicyclic) bond motifs is 8. The highest BCUT2D eigenvalue weighted by Gasteiger charge is 2.58. The van der Waals surface area contributed by atoms with E-state index in [1.807, 2.05) is 0 Å². The van der Waals surface area contributed by atoms with Crippen molar-refractivity contribution in [3.05, 3.63) is 391 Å². The van der Waals surface area contributed by atoms with E-state index < -0.39 is 16.1 Å². The molecule has 4 heterocycles. The number of aryl methyl sites for hydroxylation is 4. The van der Waals surface area contributed by atoms with Gasteiger partial charge in [-0.2, -0.15) is 0 Å². The molecule has 7 heteroatoms. The second kappa shape index (κ2) is 25.2. The Morgan fingerprint density at radius 2 is 0.760 bits per heavy atom. The maximum atomic E-state index is 2.70. The summed E-state index contributed by atoms with van der Waals surface area (Å²) < 4.78 is 0. The second-order valence-electron chi connectivity index (χ2n) is 29.5. The lowest BCUT2D eigenvalue weighted by Gasteiger charge is -2.50. The molecule has 2 nitrogen and oxygen atoms in total. The molecule has 0 saturated heterocycles. The van der Waals surface area contributed by atoms with E-state index in [1.54, 1.807) is 0 Å². The molecule has 0 radical (unpaired) electrons. The Morgan fingerprint density at radius 1 is 0.298 bits per heavy atom. The third-order valence-corrected chi connectivity index (χ3v) is 33.7. The lowest BCUT2D eigenvalue weighted by atomic mass is 9.33. The summed E-state index contributed by atoms with van der Waals surface area (Å²) >= 11 is 0. The van der Waals surface area contributed by atoms with Crippen LogP contribution in [0.2, 0.25) is 0 Å². The van der Waals surface area contributed by atoms with Crippen molar-refractivity contribution in [3.63, 3.8) is 0 Å². The van der Waals surface area contributed by atoms with Crippen LogP contribution in [0.15, 0.2) is 352 Å². The zero-order valence-electron chi connectivity index (χ0n) is 59.7. The van der Waals surface area contributed by atoms with Crippen molar-refractivity contribution < 1.29 is 0 Å². The zero-order valence-corrected chi connectivity index (χ0v) is 61.7. The van der Waals surface area contributed by atoms with Crippen LogP contribution in [0.1, 0.15) is 51.8 Å². The lowest BCUT2D eigenvalue weighted by Crippen LogP contribution is -2.95. The van der Waals surface area contributed by atoms with Gasteiger partial charge in [0.2, 0.25) is 20.1 Å². The van der Waals surface area contributed by atoms with Gasteiger partial charge in [-0.1, -0.05) is 355 Å². The second-order valence-corrected chi connectivity index (χ2v) is 37.0. The standard InChI is InChI=1S/C97H77B3N2Si2/c1-65-52-57-84-89(60-65)101(74-36-15-8-16-37-74)87-49-28-26-47-82(87)99(84)95-70(6)79(55-56-80(95)69(5)71-53-58-83-90(64-71)102(97-67(3)32-31-33-68(97)4)88-50-29-25-46-81(88)98(83)73-34-13-7-14-35-73)72-54-59-92-86(63-72)100-85-48-27-30-51-91(85)103(75-38-17-9-18-39-75,76-40-19-10-20-41-76)93-61-66(2)62-94(96(93)100)104(92,77-42-21-11-22-43-77)78-44-23-12-24-45-78/h7-64,69H,1-6H3/t69-/m0/s1. The molecule has 0 amide bonds. The number of hydrogen-bond acceptors (Lipinski definition) is 2. The fraction of sp³-hybridized carbons (Fsp3) is 0.0722. The minimum absolute atomic E-state index is 0.0360. The summed E-state index contributed by atoms with van der Waals surface area (Å²) in [6, 6.07) is 137. The summed E-state index contributed by atoms with van der Waals surface area (Å²) in [6.07, 6.45) is 0. The van der Waals surface area contributed by atoms with Crippen molar-refractivity contribution in [2.45, 2.75) is 47.5 Å². The summed E-state index contributed by atoms with van der Waals surface area (Å²) in [5.41, 5.74) is 30.9. The normalized spacial score (nSPS) is 14.3. The van der Waals surface area contributed by atoms with Crippen molar-refractivity contribution in [1.82, 2.24) is 0 Å². The van der Waals surface area contributed by atoms with E-state index in [2.05, 4.69) is 403 Å². The summed E-state index contributed by atoms with van der Waals surface area (Å²) in [7, 11) is -6.23. The smallest absolute Gasteiger partial charge is 0.247 e. The molecule has 0 saturated carbocycles. The Kier molecular flexibility index (Phi) is 15.4. The Bertz CT molecular complexity index is 5760. The first-order valence-corrected chi connectivity index (χ1v) is 41.1. The van der Waals surface area contributed by atoms with Crippen LogP contribution in [-0.2, 0) is 0 Å². The molecule has 0 aliphatic carbocycles. The van der Waals surface area contributed by atoms with Crippen molar-refractivity contribution in [2.75, 3.05) is 9.80 Å². The molecule has 4 aliphatic heterocycles. The SMILES string of the molecule is Cc1ccc2c(c1)N(c1ccccc1)c1ccccc1B2c1c([C@@H](C)c2ccc3c(c2)N(c2c(C)cccc2C)c2ccccc2B3c2ccccc2)ccc(-c2ccc3c(c2)B2c4ccccc4[Si](c4ccccc4)(c4ccccc4)c4cc(C)cc(c42)[Si]3(c2ccccc2)c2ccccc2)c1C. The van der Waals surface area contributed by atoms with Crippen LogP contribution in [0.3, 0.4) is 0 Å². The van der Waals surface area contributed by atoms with Crippen LogP contribution in [0.4, 0.5) is 34.1 Å². The van der Waals surface area contributed by atoms with E-state index in [0.717, 1.165) is 5.69 Å². The van der Waals surface area contributed by atoms with E-state index in [9.17, 15) is 0 Å². The molecule has 0 unspecified atom stereocenters. The van der Waals surface area contributed by atoms with E-state index in [0.29, 0.717) is 0 Å². The number of para-hydroxylation sites is 4. The van der Waals surface area contributed by atoms with Gasteiger partial charge >= 0.3 is 0 Å². The summed E-state index contributed by atoms with van der Waals surface area (Å²) in [4.78, 5) is 5.11. The quantitative estimate of drug-likeness (QED) is 0.119. The van der Waals surface area contributed by atoms with Gasteiger partial charge < -0.3 is 9.80 Å². The number of nitrogens with zero attached hydrogens (tertiary/aromatic N) is 2. The third-order valence-electron chi connectivity index (χ3n) is 23.9. The highest BCUT2D eigenvalue weighted by Crippen LogP contribution is 2.43. The fourth-order valence-electron chi connectivity index (χ4n) is 19.6. The van der Waals surface area contributed by atoms with Crippen LogP contribution in [0.5, 0.6) is 0 Å². The number of anilines is 6. The summed E-state index contributed by atoms with van der Waals surface area (Å²) in [6.45, 7) is 14.0. The fourth-order valence-corrected chi connectivity index (χ4v) is 30.5. The molecule has 1 atom stereocenters. The van der Waals surface area contributed by atoms with Gasteiger partial charge in [-0.3, -0.25) is 0 Å². The van der Waals surface area contributed by atoms with Gasteiger partial charge in [-0.15, -0.1) is 0 Å². The van der Waals surface area contributed by atoms with E-state index in [1.165, 1.54) is 169 Å². The van der Waals surface area contributed by atoms with E-state index in [4.69, 9.17) is 0 Å². The summed E-state index contributed by atoms with van der Waals surface area (Å²) in [5.74, 6) is -0.0360. The van der Waals surface area contributed by atoms with Crippen LogP contribution in [0.25, 0.3) is 11.1 Å². The maximum absolute atomic E-state index is 3.18. The van der Waals surface area contributed by atoms with Gasteiger partial charge in [0.15, 0.2) is 16.1 Å². The Balaban J connectivity index is 0.882. The molecule has 0 fully saturated rings. The Morgan fingerprint density at radius 3 is 1.36 bits per heavy atom. The van der Waals surface area contributed by atoms with E-state index >= 15 is 0 Å². The molecule has 15 aromatic carbocycles. The molecule has 0 N–H and O–H groups in total. The molecule has 4 aliphatic rings. The van der Waals surface area contributed by atoms with Gasteiger partial charge in [-0.25, -0.2) is 0 Å². The molecule has 0 spiro atoms. The van der Waals surface area contributed by atoms with E-state index in [-0.39, 0.29) is 26.1 Å². The maximum Gasteiger partial charge on any atom is 0.247 e. The van der Waals surface area contributed by atoms with Crippen LogP contribution in [0, 0.1) is 34.6 Å². The first-order chi connectivity index (χ1) is 51.1. The average molecular weight is 1360 g/mol. The minimum Gasteiger partial charge on any atom is -0.312 e. The molecule has 0 aromatic heterocycles. The predicted molar refractivity (Wildman–Crippen MR) is 453 cm³/mol. The van der Waals surface area contributed by atoms with Crippen molar-refractivity contribution >= 4 is 161 Å². The van der Waals surface area contributed by atoms with Gasteiger partial charge in [0.05, 0.1) is 5.69 Å². The zero-order chi connectivity index (χ0) is 70.0. The molecule has 492 valence electrons. The summed E-state index contributed by atoms with van der Waals surface area (Å²) in [5, 5.41) is 11.6. The van der Waals surface area contributed by atoms with Crippen molar-refractivity contribution in [1.29, 1.82) is 0 Å². The highest BCUT2D eigenvalue weighted by molar-refractivity contribution is 7.32. The van der Waals surface area contributed by atoms with Crippen molar-refractivity contribution in [3.8, 4) is 11.1 Å². The highest BCUT2D eigenvalue weighted by atomic mass is 28.3. The first-order valence-electron chi connectivity index (χ1n) is 37.1. The Hall–Kier alpha value is -11.5. The molecule has 15 aromatic rings. The lowest BCUT2D eigenvalue weighted by molar-refractivity contribution is 0.927. The molecule has 19 rings (SSSR count). The van der Waals surface area contributed by atoms with Gasteiger partial charge in [-0.05, 0) is 179 Å². The van der Waals surface area contributed by atoms with Crippen LogP contribution in [-0.4, -0.2) is 36.3 Å². The molecular formula is C97H77B3N2Si2. The predicted octanol–water partition coefficient (Wildman–Crippen LogP) is 11.5. The van der Waals surface area contributed by atoms with Crippen LogP contribution < -0.4 is 100 Å².